The molecule has 3 heteroatoms. The third kappa shape index (κ3) is 8.57. The van der Waals surface area contributed by atoms with E-state index in [1.807, 2.05) is 18.2 Å². The second kappa shape index (κ2) is 10.3. The lowest BCUT2D eigenvalue weighted by Gasteiger charge is -2.06. The molecule has 0 radical (unpaired) electrons. The van der Waals surface area contributed by atoms with Gasteiger partial charge in [0.25, 0.3) is 0 Å². The predicted octanol–water partition coefficient (Wildman–Crippen LogP) is 5.20. The number of ether oxygens (including phenoxy) is 2. The lowest BCUT2D eigenvalue weighted by molar-refractivity contribution is 0.0973. The van der Waals surface area contributed by atoms with Crippen LogP contribution in [0.5, 0.6) is 5.75 Å². The molecule has 0 fully saturated rings. The molecule has 1 aromatic rings. The van der Waals surface area contributed by atoms with E-state index in [-0.39, 0.29) is 0 Å². The first-order valence-corrected chi connectivity index (χ1v) is 7.58. The summed E-state index contributed by atoms with van der Waals surface area (Å²) in [7, 11) is 0. The SMILES string of the molecule is CC(C)CCCCCCCOC(=O)Oc1ccccc1. The highest BCUT2D eigenvalue weighted by molar-refractivity contribution is 5.63. The number of carbonyl (C=O) groups is 1. The first-order chi connectivity index (χ1) is 9.68. The van der Waals surface area contributed by atoms with Crippen molar-refractivity contribution in [2.24, 2.45) is 5.92 Å². The van der Waals surface area contributed by atoms with Crippen LogP contribution in [0, 0.1) is 5.92 Å². The van der Waals surface area contributed by atoms with Gasteiger partial charge in [0.05, 0.1) is 6.61 Å². The third-order valence-corrected chi connectivity index (χ3v) is 3.09. The van der Waals surface area contributed by atoms with Crippen molar-refractivity contribution in [3.63, 3.8) is 0 Å². The van der Waals surface area contributed by atoms with Gasteiger partial charge in [-0.15, -0.1) is 0 Å². The van der Waals surface area contributed by atoms with E-state index < -0.39 is 6.16 Å². The van der Waals surface area contributed by atoms with Gasteiger partial charge in [0.1, 0.15) is 5.75 Å². The molecule has 0 spiro atoms. The molecule has 0 saturated heterocycles. The van der Waals surface area contributed by atoms with Gasteiger partial charge in [-0.05, 0) is 24.5 Å². The second-order valence-corrected chi connectivity index (χ2v) is 5.46. The topological polar surface area (TPSA) is 35.5 Å². The highest BCUT2D eigenvalue weighted by Gasteiger charge is 2.04. The van der Waals surface area contributed by atoms with Crippen LogP contribution in [0.2, 0.25) is 0 Å². The molecule has 0 bridgehead atoms. The van der Waals surface area contributed by atoms with Gasteiger partial charge in [-0.1, -0.05) is 64.2 Å². The van der Waals surface area contributed by atoms with Crippen molar-refractivity contribution < 1.29 is 14.3 Å². The molecule has 0 aliphatic heterocycles. The molecule has 3 nitrogen and oxygen atoms in total. The van der Waals surface area contributed by atoms with E-state index in [4.69, 9.17) is 9.47 Å². The zero-order chi connectivity index (χ0) is 14.6. The Morgan fingerprint density at radius 1 is 1.00 bits per heavy atom. The predicted molar refractivity (Wildman–Crippen MR) is 81.0 cm³/mol. The fourth-order valence-electron chi connectivity index (χ4n) is 1.95. The minimum atomic E-state index is -0.615. The van der Waals surface area contributed by atoms with E-state index in [1.54, 1.807) is 12.1 Å². The molecule has 0 aliphatic carbocycles. The van der Waals surface area contributed by atoms with Crippen LogP contribution in [0.4, 0.5) is 4.79 Å². The van der Waals surface area contributed by atoms with Crippen molar-refractivity contribution in [3.8, 4) is 5.75 Å². The van der Waals surface area contributed by atoms with Gasteiger partial charge in [-0.2, -0.15) is 0 Å². The average Bonchev–Trinajstić information content (AvgIpc) is 2.42. The summed E-state index contributed by atoms with van der Waals surface area (Å²) in [4.78, 5) is 11.4. The smallest absolute Gasteiger partial charge is 0.434 e. The Morgan fingerprint density at radius 3 is 2.35 bits per heavy atom. The van der Waals surface area contributed by atoms with Gasteiger partial charge in [0.2, 0.25) is 0 Å². The maximum atomic E-state index is 11.4. The Labute approximate surface area is 122 Å². The van der Waals surface area contributed by atoms with Crippen LogP contribution < -0.4 is 4.74 Å². The quantitative estimate of drug-likeness (QED) is 0.354. The summed E-state index contributed by atoms with van der Waals surface area (Å²) in [5.74, 6) is 1.32. The molecule has 0 N–H and O–H groups in total. The molecule has 20 heavy (non-hydrogen) atoms. The van der Waals surface area contributed by atoms with Gasteiger partial charge in [0, 0.05) is 0 Å². The van der Waals surface area contributed by atoms with Crippen LogP contribution >= 0.6 is 0 Å². The van der Waals surface area contributed by atoms with Gasteiger partial charge in [-0.3, -0.25) is 0 Å². The Balaban J connectivity index is 1.95. The largest absolute Gasteiger partial charge is 0.513 e. The molecule has 0 atom stereocenters. The molecule has 0 aromatic heterocycles. The molecule has 112 valence electrons. The standard InChI is InChI=1S/C17H26O3/c1-15(2)11-7-4-3-5-10-14-19-17(18)20-16-12-8-6-9-13-16/h6,8-9,12-13,15H,3-5,7,10-11,14H2,1-2H3. The molecular formula is C17H26O3. The number of carbonyl (C=O) groups excluding carboxylic acids is 1. The molecule has 0 saturated carbocycles. The highest BCUT2D eigenvalue weighted by atomic mass is 16.7. The van der Waals surface area contributed by atoms with Crippen molar-refractivity contribution in [3.05, 3.63) is 30.3 Å². The van der Waals surface area contributed by atoms with Crippen LogP contribution in [0.1, 0.15) is 52.4 Å². The Kier molecular flexibility index (Phi) is 8.52. The molecule has 0 unspecified atom stereocenters. The first kappa shape index (κ1) is 16.5. The number of rotatable bonds is 9. The summed E-state index contributed by atoms with van der Waals surface area (Å²) >= 11 is 0. The average molecular weight is 278 g/mol. The summed E-state index contributed by atoms with van der Waals surface area (Å²) in [6.07, 6.45) is 6.49. The van der Waals surface area contributed by atoms with Crippen molar-refractivity contribution >= 4 is 6.16 Å². The van der Waals surface area contributed by atoms with Crippen molar-refractivity contribution in [2.45, 2.75) is 52.4 Å². The normalized spacial score (nSPS) is 10.6. The lowest BCUT2D eigenvalue weighted by Crippen LogP contribution is -2.11. The number of para-hydroxylation sites is 1. The molecule has 0 heterocycles. The number of hydrogen-bond acceptors (Lipinski definition) is 3. The lowest BCUT2D eigenvalue weighted by atomic mass is 10.0. The second-order valence-electron chi connectivity index (χ2n) is 5.46. The third-order valence-electron chi connectivity index (χ3n) is 3.09. The fraction of sp³-hybridized carbons (Fsp3) is 0.588. The summed E-state index contributed by atoms with van der Waals surface area (Å²) in [5.41, 5.74) is 0. The number of unbranched alkanes of at least 4 members (excludes halogenated alkanes) is 4. The van der Waals surface area contributed by atoms with Crippen LogP contribution in [0.25, 0.3) is 0 Å². The fourth-order valence-corrected chi connectivity index (χ4v) is 1.95. The molecule has 0 aliphatic rings. The summed E-state index contributed by atoms with van der Waals surface area (Å²) < 4.78 is 10.1. The molecule has 1 rings (SSSR count). The summed E-state index contributed by atoms with van der Waals surface area (Å²) in [6.45, 7) is 4.95. The monoisotopic (exact) mass is 278 g/mol. The van der Waals surface area contributed by atoms with Crippen LogP contribution in [0.15, 0.2) is 30.3 Å². The maximum Gasteiger partial charge on any atom is 0.513 e. The van der Waals surface area contributed by atoms with E-state index in [0.717, 1.165) is 18.8 Å². The minimum absolute atomic E-state index is 0.440. The molecule has 1 aromatic carbocycles. The zero-order valence-corrected chi connectivity index (χ0v) is 12.6. The van der Waals surface area contributed by atoms with Gasteiger partial charge >= 0.3 is 6.16 Å². The van der Waals surface area contributed by atoms with Gasteiger partial charge in [-0.25, -0.2) is 4.79 Å². The molecule has 0 amide bonds. The Bertz CT molecular complexity index is 360. The number of benzene rings is 1. The molecular weight excluding hydrogens is 252 g/mol. The highest BCUT2D eigenvalue weighted by Crippen LogP contribution is 2.11. The summed E-state index contributed by atoms with van der Waals surface area (Å²) in [6, 6.07) is 8.98. The van der Waals surface area contributed by atoms with Crippen molar-refractivity contribution in [1.29, 1.82) is 0 Å². The first-order valence-electron chi connectivity index (χ1n) is 7.58. The zero-order valence-electron chi connectivity index (χ0n) is 12.6. The van der Waals surface area contributed by atoms with Crippen LogP contribution in [-0.2, 0) is 4.74 Å². The van der Waals surface area contributed by atoms with E-state index in [0.29, 0.717) is 12.4 Å². The maximum absolute atomic E-state index is 11.4. The van der Waals surface area contributed by atoms with Crippen molar-refractivity contribution in [2.75, 3.05) is 6.61 Å². The van der Waals surface area contributed by atoms with Crippen molar-refractivity contribution in [1.82, 2.24) is 0 Å². The van der Waals surface area contributed by atoms with Gasteiger partial charge < -0.3 is 9.47 Å². The van der Waals surface area contributed by atoms with E-state index in [2.05, 4.69) is 13.8 Å². The van der Waals surface area contributed by atoms with Crippen LogP contribution in [0.3, 0.4) is 0 Å². The minimum Gasteiger partial charge on any atom is -0.434 e. The van der Waals surface area contributed by atoms with E-state index in [9.17, 15) is 4.79 Å². The Morgan fingerprint density at radius 2 is 1.65 bits per heavy atom. The van der Waals surface area contributed by atoms with E-state index in [1.165, 1.54) is 25.7 Å². The van der Waals surface area contributed by atoms with Gasteiger partial charge in [0.15, 0.2) is 0 Å². The van der Waals surface area contributed by atoms with Crippen LogP contribution in [-0.4, -0.2) is 12.8 Å². The number of hydrogen-bond donors (Lipinski definition) is 0. The summed E-state index contributed by atoms with van der Waals surface area (Å²) in [5, 5.41) is 0. The van der Waals surface area contributed by atoms with E-state index >= 15 is 0 Å². The Hall–Kier alpha value is -1.51.